The number of carbonyl (C=O) groups is 1. The van der Waals surface area contributed by atoms with Gasteiger partial charge in [0.1, 0.15) is 5.82 Å². The topological polar surface area (TPSA) is 73.8 Å². The van der Waals surface area contributed by atoms with E-state index in [0.717, 1.165) is 11.3 Å². The molecular weight excluding hydrogens is 216 g/mol. The number of nitrogens with two attached hydrogens (primary N) is 1. The van der Waals surface area contributed by atoms with Gasteiger partial charge in [0, 0.05) is 24.9 Å². The van der Waals surface area contributed by atoms with Crippen LogP contribution < -0.4 is 5.73 Å². The predicted molar refractivity (Wildman–Crippen MR) is 64.6 cm³/mol. The van der Waals surface area contributed by atoms with Crippen LogP contribution in [0.15, 0.2) is 30.6 Å². The Morgan fingerprint density at radius 1 is 1.53 bits per heavy atom. The van der Waals surface area contributed by atoms with Gasteiger partial charge in [-0.3, -0.25) is 9.78 Å². The lowest BCUT2D eigenvalue weighted by atomic mass is 10.1. The summed E-state index contributed by atoms with van der Waals surface area (Å²) in [7, 11) is 0. The number of nitrogen functional groups attached to an aromatic ring is 1. The lowest BCUT2D eigenvalue weighted by Crippen LogP contribution is -2.15. The lowest BCUT2D eigenvalue weighted by molar-refractivity contribution is 0.0890. The minimum atomic E-state index is -0.0977. The van der Waals surface area contributed by atoms with Crippen LogP contribution >= 0.6 is 0 Å². The van der Waals surface area contributed by atoms with Crippen LogP contribution in [0.1, 0.15) is 22.5 Å². The summed E-state index contributed by atoms with van der Waals surface area (Å²) in [6, 6.07) is 5.48. The molecule has 2 N–H and O–H groups in total. The van der Waals surface area contributed by atoms with Gasteiger partial charge < -0.3 is 5.73 Å². The van der Waals surface area contributed by atoms with Gasteiger partial charge >= 0.3 is 0 Å². The standard InChI is InChI=1S/C12H14N4O/c1-9-7-11(13)16(15-9)12(17)5-4-10-3-2-6-14-8-10/h2-3,6-8H,4-5,13H2,1H3. The molecule has 0 aromatic carbocycles. The van der Waals surface area contributed by atoms with E-state index in [-0.39, 0.29) is 5.91 Å². The van der Waals surface area contributed by atoms with Crippen molar-refractivity contribution in [2.75, 3.05) is 5.73 Å². The summed E-state index contributed by atoms with van der Waals surface area (Å²) in [6.45, 7) is 1.81. The summed E-state index contributed by atoms with van der Waals surface area (Å²) in [4.78, 5) is 15.9. The third-order valence-electron chi connectivity index (χ3n) is 2.45. The fourth-order valence-corrected chi connectivity index (χ4v) is 1.62. The number of rotatable bonds is 3. The molecule has 0 spiro atoms. The Hall–Kier alpha value is -2.17. The Balaban J connectivity index is 2.01. The van der Waals surface area contributed by atoms with Crippen molar-refractivity contribution in [3.63, 3.8) is 0 Å². The number of aryl methyl sites for hydroxylation is 2. The second kappa shape index (κ2) is 4.78. The summed E-state index contributed by atoms with van der Waals surface area (Å²) >= 11 is 0. The van der Waals surface area contributed by atoms with Gasteiger partial charge in [-0.2, -0.15) is 9.78 Å². The van der Waals surface area contributed by atoms with E-state index in [9.17, 15) is 4.79 Å². The summed E-state index contributed by atoms with van der Waals surface area (Å²) in [5.41, 5.74) is 7.46. The van der Waals surface area contributed by atoms with Crippen molar-refractivity contribution in [1.29, 1.82) is 0 Å². The van der Waals surface area contributed by atoms with Gasteiger partial charge in [-0.25, -0.2) is 0 Å². The molecule has 2 heterocycles. The molecule has 2 rings (SSSR count). The van der Waals surface area contributed by atoms with Gasteiger partial charge in [0.25, 0.3) is 0 Å². The molecular formula is C12H14N4O. The van der Waals surface area contributed by atoms with Crippen molar-refractivity contribution in [2.45, 2.75) is 19.8 Å². The Morgan fingerprint density at radius 2 is 2.35 bits per heavy atom. The minimum Gasteiger partial charge on any atom is -0.383 e. The second-order valence-corrected chi connectivity index (χ2v) is 3.88. The second-order valence-electron chi connectivity index (χ2n) is 3.88. The largest absolute Gasteiger partial charge is 0.383 e. The number of nitrogens with zero attached hydrogens (tertiary/aromatic N) is 3. The third-order valence-corrected chi connectivity index (χ3v) is 2.45. The average molecular weight is 230 g/mol. The maximum atomic E-state index is 11.9. The van der Waals surface area contributed by atoms with Gasteiger partial charge in [0.05, 0.1) is 5.69 Å². The molecule has 5 heteroatoms. The van der Waals surface area contributed by atoms with Crippen molar-refractivity contribution >= 4 is 11.7 Å². The molecule has 0 unspecified atom stereocenters. The maximum absolute atomic E-state index is 11.9. The number of anilines is 1. The smallest absolute Gasteiger partial charge is 0.249 e. The highest BCUT2D eigenvalue weighted by Gasteiger charge is 2.10. The number of aromatic nitrogens is 3. The number of hydrogen-bond donors (Lipinski definition) is 1. The number of hydrogen-bond acceptors (Lipinski definition) is 4. The van der Waals surface area contributed by atoms with Crippen LogP contribution in [0.3, 0.4) is 0 Å². The van der Waals surface area contributed by atoms with E-state index >= 15 is 0 Å². The molecule has 2 aromatic heterocycles. The van der Waals surface area contributed by atoms with Crippen molar-refractivity contribution in [2.24, 2.45) is 0 Å². The molecule has 0 bridgehead atoms. The Kier molecular flexibility index (Phi) is 3.18. The van der Waals surface area contributed by atoms with Gasteiger partial charge in [0.15, 0.2) is 0 Å². The highest BCUT2D eigenvalue weighted by molar-refractivity contribution is 5.81. The molecule has 88 valence electrons. The molecule has 17 heavy (non-hydrogen) atoms. The van der Waals surface area contributed by atoms with E-state index in [4.69, 9.17) is 5.73 Å². The molecule has 0 saturated carbocycles. The van der Waals surface area contributed by atoms with Gasteiger partial charge in [-0.1, -0.05) is 6.07 Å². The first-order valence-electron chi connectivity index (χ1n) is 5.41. The Bertz CT molecular complexity index is 519. The molecule has 0 fully saturated rings. The molecule has 0 aliphatic heterocycles. The van der Waals surface area contributed by atoms with Crippen LogP contribution in [-0.2, 0) is 6.42 Å². The molecule has 0 atom stereocenters. The quantitative estimate of drug-likeness (QED) is 0.865. The first kappa shape index (κ1) is 11.3. The van der Waals surface area contributed by atoms with E-state index in [0.29, 0.717) is 18.7 Å². The third kappa shape index (κ3) is 2.69. The maximum Gasteiger partial charge on any atom is 0.249 e. The summed E-state index contributed by atoms with van der Waals surface area (Å²) < 4.78 is 1.26. The first-order chi connectivity index (χ1) is 8.16. The van der Waals surface area contributed by atoms with E-state index < -0.39 is 0 Å². The normalized spacial score (nSPS) is 10.4. The zero-order valence-electron chi connectivity index (χ0n) is 9.63. The fourth-order valence-electron chi connectivity index (χ4n) is 1.62. The highest BCUT2D eigenvalue weighted by atomic mass is 16.2. The van der Waals surface area contributed by atoms with E-state index in [2.05, 4.69) is 10.1 Å². The molecule has 0 saturated heterocycles. The van der Waals surface area contributed by atoms with Crippen LogP contribution in [0.25, 0.3) is 0 Å². The highest BCUT2D eigenvalue weighted by Crippen LogP contribution is 2.08. The van der Waals surface area contributed by atoms with E-state index in [1.165, 1.54) is 4.68 Å². The minimum absolute atomic E-state index is 0.0977. The van der Waals surface area contributed by atoms with Gasteiger partial charge in [-0.15, -0.1) is 0 Å². The van der Waals surface area contributed by atoms with Crippen LogP contribution in [0.2, 0.25) is 0 Å². The molecule has 2 aromatic rings. The van der Waals surface area contributed by atoms with E-state index in [1.807, 2.05) is 12.1 Å². The Labute approximate surface area is 99.3 Å². The number of pyridine rings is 1. The summed E-state index contributed by atoms with van der Waals surface area (Å²) in [5.74, 6) is 0.290. The van der Waals surface area contributed by atoms with Crippen LogP contribution in [0.4, 0.5) is 5.82 Å². The average Bonchev–Trinajstić information content (AvgIpc) is 2.67. The lowest BCUT2D eigenvalue weighted by Gasteiger charge is -2.02. The molecule has 0 aliphatic carbocycles. The van der Waals surface area contributed by atoms with Crippen LogP contribution in [0, 0.1) is 6.92 Å². The van der Waals surface area contributed by atoms with E-state index in [1.54, 1.807) is 25.4 Å². The monoisotopic (exact) mass is 230 g/mol. The van der Waals surface area contributed by atoms with Crippen LogP contribution in [0.5, 0.6) is 0 Å². The van der Waals surface area contributed by atoms with Gasteiger partial charge in [0.2, 0.25) is 5.91 Å². The molecule has 0 aliphatic rings. The zero-order chi connectivity index (χ0) is 12.3. The van der Waals surface area contributed by atoms with Crippen LogP contribution in [-0.4, -0.2) is 20.7 Å². The SMILES string of the molecule is Cc1cc(N)n(C(=O)CCc2cccnc2)n1. The number of carbonyl (C=O) groups excluding carboxylic acids is 1. The van der Waals surface area contributed by atoms with Crippen molar-refractivity contribution in [3.8, 4) is 0 Å². The predicted octanol–water partition coefficient (Wildman–Crippen LogP) is 1.44. The first-order valence-corrected chi connectivity index (χ1v) is 5.41. The molecule has 0 amide bonds. The van der Waals surface area contributed by atoms with Gasteiger partial charge in [-0.05, 0) is 25.0 Å². The van der Waals surface area contributed by atoms with Crippen molar-refractivity contribution in [1.82, 2.24) is 14.8 Å². The molecule has 5 nitrogen and oxygen atoms in total. The summed E-state index contributed by atoms with van der Waals surface area (Å²) in [5, 5.41) is 4.05. The van der Waals surface area contributed by atoms with Crippen molar-refractivity contribution in [3.05, 3.63) is 41.9 Å². The zero-order valence-corrected chi connectivity index (χ0v) is 9.63. The fraction of sp³-hybridized carbons (Fsp3) is 0.250. The summed E-state index contributed by atoms with van der Waals surface area (Å²) in [6.07, 6.45) is 4.48. The van der Waals surface area contributed by atoms with Crippen molar-refractivity contribution < 1.29 is 4.79 Å². The molecule has 0 radical (unpaired) electrons. The Morgan fingerprint density at radius 3 is 2.94 bits per heavy atom.